The van der Waals surface area contributed by atoms with Gasteiger partial charge in [-0.1, -0.05) is 34.1 Å². The number of hydrogen-bond acceptors (Lipinski definition) is 2. The molecule has 1 saturated carbocycles. The Morgan fingerprint density at radius 2 is 1.89 bits per heavy atom. The first-order chi connectivity index (χ1) is 8.57. The van der Waals surface area contributed by atoms with Crippen molar-refractivity contribution in [3.8, 4) is 0 Å². The number of hydrogen-bond donors (Lipinski definition) is 1. The van der Waals surface area contributed by atoms with Crippen molar-refractivity contribution in [3.63, 3.8) is 0 Å². The highest BCUT2D eigenvalue weighted by Crippen LogP contribution is 2.38. The molecule has 1 aliphatic rings. The Balaban J connectivity index is 2.72. The van der Waals surface area contributed by atoms with Crippen LogP contribution in [0.2, 0.25) is 0 Å². The zero-order valence-corrected chi connectivity index (χ0v) is 13.1. The first-order valence-electron chi connectivity index (χ1n) is 7.86. The minimum atomic E-state index is 0.0892. The Hall–Kier alpha value is -0.0800. The average molecular weight is 255 g/mol. The summed E-state index contributed by atoms with van der Waals surface area (Å²) < 4.78 is 6.02. The third kappa shape index (κ3) is 3.96. The molecular formula is C16H33NO. The van der Waals surface area contributed by atoms with E-state index in [4.69, 9.17) is 4.74 Å². The molecule has 1 fully saturated rings. The van der Waals surface area contributed by atoms with Gasteiger partial charge in [0.25, 0.3) is 0 Å². The standard InChI is InChI=1S/C16H33NO/c1-6-13(3)12-15(17-7-2)16(18-5)10-8-14(4)9-11-16/h13-15,17H,6-12H2,1-5H3. The van der Waals surface area contributed by atoms with Gasteiger partial charge in [0.05, 0.1) is 5.60 Å². The second-order valence-corrected chi connectivity index (χ2v) is 6.31. The Bertz CT molecular complexity index is 221. The number of nitrogens with one attached hydrogen (secondary N) is 1. The summed E-state index contributed by atoms with van der Waals surface area (Å²) >= 11 is 0. The van der Waals surface area contributed by atoms with E-state index >= 15 is 0 Å². The summed E-state index contributed by atoms with van der Waals surface area (Å²) in [6.45, 7) is 10.3. The highest BCUT2D eigenvalue weighted by molar-refractivity contribution is 4.96. The van der Waals surface area contributed by atoms with Gasteiger partial charge < -0.3 is 10.1 Å². The van der Waals surface area contributed by atoms with Crippen molar-refractivity contribution >= 4 is 0 Å². The third-order valence-electron chi connectivity index (χ3n) is 4.95. The van der Waals surface area contributed by atoms with Gasteiger partial charge in [-0.25, -0.2) is 0 Å². The second-order valence-electron chi connectivity index (χ2n) is 6.31. The van der Waals surface area contributed by atoms with Crippen LogP contribution in [-0.2, 0) is 4.74 Å². The Kier molecular flexibility index (Phi) is 6.65. The summed E-state index contributed by atoms with van der Waals surface area (Å²) in [4.78, 5) is 0. The Labute approximate surface area is 114 Å². The molecule has 0 aliphatic heterocycles. The van der Waals surface area contributed by atoms with Gasteiger partial charge in [0.15, 0.2) is 0 Å². The maximum atomic E-state index is 6.02. The molecule has 0 aromatic carbocycles. The van der Waals surface area contributed by atoms with Crippen LogP contribution in [0.4, 0.5) is 0 Å². The molecule has 0 radical (unpaired) electrons. The van der Waals surface area contributed by atoms with E-state index in [2.05, 4.69) is 33.0 Å². The van der Waals surface area contributed by atoms with Crippen molar-refractivity contribution in [1.29, 1.82) is 0 Å². The van der Waals surface area contributed by atoms with Crippen LogP contribution in [0.1, 0.15) is 66.2 Å². The van der Waals surface area contributed by atoms with Crippen LogP contribution in [0.25, 0.3) is 0 Å². The molecule has 0 bridgehead atoms. The minimum absolute atomic E-state index is 0.0892. The molecule has 0 heterocycles. The van der Waals surface area contributed by atoms with Crippen LogP contribution in [-0.4, -0.2) is 25.3 Å². The molecular weight excluding hydrogens is 222 g/mol. The van der Waals surface area contributed by atoms with Crippen LogP contribution in [0.3, 0.4) is 0 Å². The van der Waals surface area contributed by atoms with E-state index in [0.717, 1.165) is 18.4 Å². The molecule has 1 rings (SSSR count). The topological polar surface area (TPSA) is 21.3 Å². The van der Waals surface area contributed by atoms with E-state index in [1.54, 1.807) is 0 Å². The maximum Gasteiger partial charge on any atom is 0.0831 e. The maximum absolute atomic E-state index is 6.02. The summed E-state index contributed by atoms with van der Waals surface area (Å²) in [7, 11) is 1.91. The van der Waals surface area contributed by atoms with Crippen molar-refractivity contribution in [3.05, 3.63) is 0 Å². The first kappa shape index (κ1) is 16.0. The van der Waals surface area contributed by atoms with Crippen LogP contribution >= 0.6 is 0 Å². The largest absolute Gasteiger partial charge is 0.377 e. The second kappa shape index (κ2) is 7.49. The molecule has 2 nitrogen and oxygen atoms in total. The predicted molar refractivity (Wildman–Crippen MR) is 78.9 cm³/mol. The van der Waals surface area contributed by atoms with E-state index in [0.29, 0.717) is 6.04 Å². The van der Waals surface area contributed by atoms with Gasteiger partial charge in [-0.3, -0.25) is 0 Å². The van der Waals surface area contributed by atoms with Gasteiger partial charge >= 0.3 is 0 Å². The lowest BCUT2D eigenvalue weighted by Gasteiger charge is -2.45. The molecule has 1 N–H and O–H groups in total. The SMILES string of the molecule is CCNC(CC(C)CC)C1(OC)CCC(C)CC1. The lowest BCUT2D eigenvalue weighted by molar-refractivity contribution is -0.0789. The van der Waals surface area contributed by atoms with Crippen molar-refractivity contribution < 1.29 is 4.74 Å². The lowest BCUT2D eigenvalue weighted by Crippen LogP contribution is -2.54. The summed E-state index contributed by atoms with van der Waals surface area (Å²) in [6.07, 6.45) is 7.58. The molecule has 2 atom stereocenters. The number of ether oxygens (including phenoxy) is 1. The van der Waals surface area contributed by atoms with Gasteiger partial charge in [-0.05, 0) is 50.5 Å². The minimum Gasteiger partial charge on any atom is -0.377 e. The summed E-state index contributed by atoms with van der Waals surface area (Å²) in [6, 6.07) is 0.523. The van der Waals surface area contributed by atoms with Crippen molar-refractivity contribution in [2.24, 2.45) is 11.8 Å². The zero-order chi connectivity index (χ0) is 13.6. The summed E-state index contributed by atoms with van der Waals surface area (Å²) in [5.41, 5.74) is 0.0892. The molecule has 0 saturated heterocycles. The Morgan fingerprint density at radius 1 is 1.28 bits per heavy atom. The summed E-state index contributed by atoms with van der Waals surface area (Å²) in [5, 5.41) is 3.70. The quantitative estimate of drug-likeness (QED) is 0.742. The van der Waals surface area contributed by atoms with Crippen molar-refractivity contribution in [2.75, 3.05) is 13.7 Å². The fraction of sp³-hybridized carbons (Fsp3) is 1.00. The molecule has 0 aromatic heterocycles. The van der Waals surface area contributed by atoms with E-state index in [-0.39, 0.29) is 5.60 Å². The van der Waals surface area contributed by atoms with E-state index in [9.17, 15) is 0 Å². The fourth-order valence-electron chi connectivity index (χ4n) is 3.25. The molecule has 2 unspecified atom stereocenters. The van der Waals surface area contributed by atoms with Gasteiger partial charge in [-0.2, -0.15) is 0 Å². The van der Waals surface area contributed by atoms with Crippen LogP contribution in [0.15, 0.2) is 0 Å². The zero-order valence-electron chi connectivity index (χ0n) is 13.1. The lowest BCUT2D eigenvalue weighted by atomic mass is 9.73. The average Bonchev–Trinajstić information content (AvgIpc) is 2.39. The van der Waals surface area contributed by atoms with Gasteiger partial charge in [-0.15, -0.1) is 0 Å². The third-order valence-corrected chi connectivity index (χ3v) is 4.95. The van der Waals surface area contributed by atoms with E-state index in [1.807, 2.05) is 7.11 Å². The molecule has 0 spiro atoms. The molecule has 18 heavy (non-hydrogen) atoms. The normalized spacial score (nSPS) is 32.2. The van der Waals surface area contributed by atoms with E-state index < -0.39 is 0 Å². The Morgan fingerprint density at radius 3 is 2.33 bits per heavy atom. The number of methoxy groups -OCH3 is 1. The van der Waals surface area contributed by atoms with Gasteiger partial charge in [0.1, 0.15) is 0 Å². The monoisotopic (exact) mass is 255 g/mol. The van der Waals surface area contributed by atoms with Gasteiger partial charge in [0, 0.05) is 13.2 Å². The van der Waals surface area contributed by atoms with Crippen molar-refractivity contribution in [2.45, 2.75) is 77.9 Å². The fourth-order valence-corrected chi connectivity index (χ4v) is 3.25. The molecule has 1 aliphatic carbocycles. The highest BCUT2D eigenvalue weighted by atomic mass is 16.5. The smallest absolute Gasteiger partial charge is 0.0831 e. The molecule has 2 heteroatoms. The summed E-state index contributed by atoms with van der Waals surface area (Å²) in [5.74, 6) is 1.65. The number of rotatable bonds is 7. The predicted octanol–water partition coefficient (Wildman–Crippen LogP) is 4.00. The van der Waals surface area contributed by atoms with Crippen LogP contribution < -0.4 is 5.32 Å². The van der Waals surface area contributed by atoms with Crippen LogP contribution in [0, 0.1) is 11.8 Å². The first-order valence-corrected chi connectivity index (χ1v) is 7.86. The number of likely N-dealkylation sites (N-methyl/N-ethyl adjacent to an activating group) is 1. The van der Waals surface area contributed by atoms with Crippen molar-refractivity contribution in [1.82, 2.24) is 5.32 Å². The van der Waals surface area contributed by atoms with E-state index in [1.165, 1.54) is 38.5 Å². The van der Waals surface area contributed by atoms with Crippen LogP contribution in [0.5, 0.6) is 0 Å². The molecule has 0 aromatic rings. The molecule has 0 amide bonds. The van der Waals surface area contributed by atoms with Gasteiger partial charge in [0.2, 0.25) is 0 Å². The molecule has 108 valence electrons. The highest BCUT2D eigenvalue weighted by Gasteiger charge is 2.41.